The first kappa shape index (κ1) is 13.4. The summed E-state index contributed by atoms with van der Waals surface area (Å²) in [5.41, 5.74) is 1.54. The van der Waals surface area contributed by atoms with Crippen LogP contribution in [0.15, 0.2) is 12.3 Å². The van der Waals surface area contributed by atoms with Gasteiger partial charge in [-0.05, 0) is 18.9 Å². The van der Waals surface area contributed by atoms with Gasteiger partial charge in [0.1, 0.15) is 5.82 Å². The van der Waals surface area contributed by atoms with Crippen molar-refractivity contribution in [1.82, 2.24) is 19.9 Å². The van der Waals surface area contributed by atoms with Crippen molar-refractivity contribution in [2.75, 3.05) is 13.1 Å². The maximum atomic E-state index is 11.8. The summed E-state index contributed by atoms with van der Waals surface area (Å²) in [6, 6.07) is 1.83. The number of H-pyrrole nitrogens is 1. The quantitative estimate of drug-likeness (QED) is 0.926. The number of halogens is 1. The Bertz CT molecular complexity index is 639. The molecular formula is C14H17ClN4O. The lowest BCUT2D eigenvalue weighted by atomic mass is 9.97. The summed E-state index contributed by atoms with van der Waals surface area (Å²) < 4.78 is 0. The Labute approximate surface area is 122 Å². The van der Waals surface area contributed by atoms with E-state index in [1.54, 1.807) is 6.20 Å². The van der Waals surface area contributed by atoms with E-state index in [1.165, 1.54) is 0 Å². The van der Waals surface area contributed by atoms with Crippen LogP contribution in [0.1, 0.15) is 37.9 Å². The zero-order valence-corrected chi connectivity index (χ0v) is 12.2. The third-order valence-electron chi connectivity index (χ3n) is 3.79. The fourth-order valence-electron chi connectivity index (χ4n) is 2.74. The van der Waals surface area contributed by atoms with E-state index in [0.29, 0.717) is 17.1 Å². The number of hydrogen-bond acceptors (Lipinski definition) is 3. The number of hydrogen-bond donors (Lipinski definition) is 1. The van der Waals surface area contributed by atoms with Gasteiger partial charge in [-0.25, -0.2) is 9.97 Å². The molecule has 3 rings (SSSR count). The molecule has 2 aromatic rings. The summed E-state index contributed by atoms with van der Waals surface area (Å²) in [6.07, 6.45) is 4.22. The predicted molar refractivity (Wildman–Crippen MR) is 77.7 cm³/mol. The van der Waals surface area contributed by atoms with Crippen molar-refractivity contribution in [2.45, 2.75) is 32.1 Å². The maximum Gasteiger partial charge on any atom is 0.222 e. The average Bonchev–Trinajstić information content (AvgIpc) is 2.89. The molecule has 1 amide bonds. The van der Waals surface area contributed by atoms with Crippen molar-refractivity contribution in [1.29, 1.82) is 0 Å². The van der Waals surface area contributed by atoms with E-state index < -0.39 is 0 Å². The van der Waals surface area contributed by atoms with Crippen molar-refractivity contribution in [3.63, 3.8) is 0 Å². The van der Waals surface area contributed by atoms with Gasteiger partial charge in [0.2, 0.25) is 5.91 Å². The summed E-state index contributed by atoms with van der Waals surface area (Å²) in [4.78, 5) is 25.8. The monoisotopic (exact) mass is 292 g/mol. The Balaban J connectivity index is 1.84. The number of rotatable bonds is 2. The fourth-order valence-corrected chi connectivity index (χ4v) is 2.89. The summed E-state index contributed by atoms with van der Waals surface area (Å²) in [6.45, 7) is 3.49. The van der Waals surface area contributed by atoms with E-state index >= 15 is 0 Å². The minimum atomic E-state index is 0.215. The number of nitrogens with zero attached hydrogens (tertiary/aromatic N) is 3. The first-order valence-electron chi connectivity index (χ1n) is 6.96. The van der Waals surface area contributed by atoms with Crippen LogP contribution in [-0.4, -0.2) is 38.8 Å². The van der Waals surface area contributed by atoms with Gasteiger partial charge in [0, 0.05) is 31.6 Å². The molecule has 20 heavy (non-hydrogen) atoms. The van der Waals surface area contributed by atoms with E-state index in [9.17, 15) is 4.79 Å². The molecule has 1 saturated heterocycles. The number of aromatic nitrogens is 3. The molecule has 1 aliphatic rings. The van der Waals surface area contributed by atoms with Crippen LogP contribution in [0, 0.1) is 0 Å². The minimum absolute atomic E-state index is 0.215. The number of amides is 1. The molecule has 5 nitrogen and oxygen atoms in total. The van der Waals surface area contributed by atoms with Crippen LogP contribution < -0.4 is 0 Å². The molecule has 3 heterocycles. The lowest BCUT2D eigenvalue weighted by Gasteiger charge is -2.31. The minimum Gasteiger partial charge on any atom is -0.342 e. The van der Waals surface area contributed by atoms with Crippen LogP contribution in [0.5, 0.6) is 0 Å². The van der Waals surface area contributed by atoms with Crippen molar-refractivity contribution < 1.29 is 4.79 Å². The smallest absolute Gasteiger partial charge is 0.222 e. The van der Waals surface area contributed by atoms with Crippen LogP contribution in [0.3, 0.4) is 0 Å². The Morgan fingerprint density at radius 2 is 2.45 bits per heavy atom. The van der Waals surface area contributed by atoms with Crippen molar-refractivity contribution in [2.24, 2.45) is 0 Å². The third-order valence-corrected chi connectivity index (χ3v) is 3.99. The molecule has 0 aliphatic carbocycles. The standard InChI is InChI=1S/C14H17ClN4O/c1-2-12(20)19-5-3-4-9(8-19)13-17-11-6-10(15)7-16-14(11)18-13/h6-7,9H,2-5,8H2,1H3,(H,16,17,18). The van der Waals surface area contributed by atoms with Gasteiger partial charge in [-0.3, -0.25) is 4.79 Å². The molecule has 0 saturated carbocycles. The van der Waals surface area contributed by atoms with Gasteiger partial charge in [-0.2, -0.15) is 0 Å². The maximum absolute atomic E-state index is 11.8. The van der Waals surface area contributed by atoms with E-state index in [2.05, 4.69) is 15.0 Å². The van der Waals surface area contributed by atoms with Gasteiger partial charge >= 0.3 is 0 Å². The largest absolute Gasteiger partial charge is 0.342 e. The molecule has 6 heteroatoms. The lowest BCUT2D eigenvalue weighted by molar-refractivity contribution is -0.132. The zero-order chi connectivity index (χ0) is 14.1. The molecule has 1 unspecified atom stereocenters. The number of fused-ring (bicyclic) bond motifs is 1. The second-order valence-corrected chi connectivity index (χ2v) is 5.62. The second kappa shape index (κ2) is 5.40. The number of pyridine rings is 1. The highest BCUT2D eigenvalue weighted by molar-refractivity contribution is 6.31. The Kier molecular flexibility index (Phi) is 3.61. The lowest BCUT2D eigenvalue weighted by Crippen LogP contribution is -2.38. The first-order valence-corrected chi connectivity index (χ1v) is 7.34. The zero-order valence-electron chi connectivity index (χ0n) is 11.4. The van der Waals surface area contributed by atoms with Gasteiger partial charge in [0.25, 0.3) is 0 Å². The molecule has 1 N–H and O–H groups in total. The topological polar surface area (TPSA) is 61.9 Å². The molecule has 106 valence electrons. The van der Waals surface area contributed by atoms with Crippen LogP contribution in [0.25, 0.3) is 11.2 Å². The molecule has 0 radical (unpaired) electrons. The SMILES string of the molecule is CCC(=O)N1CCCC(c2nc3ncc(Cl)cc3[nH]2)C1. The molecule has 0 spiro atoms. The molecule has 1 atom stereocenters. The predicted octanol–water partition coefficient (Wildman–Crippen LogP) is 2.73. The second-order valence-electron chi connectivity index (χ2n) is 5.18. The summed E-state index contributed by atoms with van der Waals surface area (Å²) in [7, 11) is 0. The van der Waals surface area contributed by atoms with Gasteiger partial charge in [-0.1, -0.05) is 18.5 Å². The van der Waals surface area contributed by atoms with Gasteiger partial charge in [0.15, 0.2) is 5.65 Å². The molecule has 0 aromatic carbocycles. The normalized spacial score (nSPS) is 19.5. The fraction of sp³-hybridized carbons (Fsp3) is 0.500. The highest BCUT2D eigenvalue weighted by Crippen LogP contribution is 2.27. The van der Waals surface area contributed by atoms with E-state index in [0.717, 1.165) is 37.3 Å². The highest BCUT2D eigenvalue weighted by Gasteiger charge is 2.26. The number of carbonyl (C=O) groups excluding carboxylic acids is 1. The van der Waals surface area contributed by atoms with Crippen LogP contribution >= 0.6 is 11.6 Å². The van der Waals surface area contributed by atoms with Gasteiger partial charge < -0.3 is 9.88 Å². The number of imidazole rings is 1. The molecule has 1 fully saturated rings. The van der Waals surface area contributed by atoms with Crippen LogP contribution in [0.4, 0.5) is 0 Å². The number of aromatic amines is 1. The van der Waals surface area contributed by atoms with Crippen LogP contribution in [-0.2, 0) is 4.79 Å². The molecule has 2 aromatic heterocycles. The van der Waals surface area contributed by atoms with E-state index in [4.69, 9.17) is 11.6 Å². The van der Waals surface area contributed by atoms with Gasteiger partial charge in [0.05, 0.1) is 10.5 Å². The Morgan fingerprint density at radius 1 is 1.60 bits per heavy atom. The summed E-state index contributed by atoms with van der Waals surface area (Å²) >= 11 is 5.93. The van der Waals surface area contributed by atoms with Gasteiger partial charge in [-0.15, -0.1) is 0 Å². The van der Waals surface area contributed by atoms with Crippen LogP contribution in [0.2, 0.25) is 5.02 Å². The number of nitrogens with one attached hydrogen (secondary N) is 1. The van der Waals surface area contributed by atoms with Crippen molar-refractivity contribution >= 4 is 28.7 Å². The molecule has 0 bridgehead atoms. The first-order chi connectivity index (χ1) is 9.67. The van der Waals surface area contributed by atoms with E-state index in [1.807, 2.05) is 17.9 Å². The third kappa shape index (κ3) is 2.50. The number of likely N-dealkylation sites (tertiary alicyclic amines) is 1. The summed E-state index contributed by atoms with van der Waals surface area (Å²) in [5.74, 6) is 1.38. The molecule has 1 aliphatic heterocycles. The highest BCUT2D eigenvalue weighted by atomic mass is 35.5. The summed E-state index contributed by atoms with van der Waals surface area (Å²) in [5, 5.41) is 0.596. The van der Waals surface area contributed by atoms with Crippen molar-refractivity contribution in [3.05, 3.63) is 23.1 Å². The van der Waals surface area contributed by atoms with E-state index in [-0.39, 0.29) is 11.8 Å². The molecular weight excluding hydrogens is 276 g/mol. The number of piperidine rings is 1. The Hall–Kier alpha value is -1.62. The van der Waals surface area contributed by atoms with Crippen molar-refractivity contribution in [3.8, 4) is 0 Å². The number of carbonyl (C=O) groups is 1. The average molecular weight is 293 g/mol. The Morgan fingerprint density at radius 3 is 3.25 bits per heavy atom.